The maximum atomic E-state index is 5.95. The van der Waals surface area contributed by atoms with Gasteiger partial charge < -0.3 is 25.4 Å². The second-order valence-corrected chi connectivity index (χ2v) is 4.73. The van der Waals surface area contributed by atoms with E-state index in [0.29, 0.717) is 12.3 Å². The Kier molecular flexibility index (Phi) is 4.81. The van der Waals surface area contributed by atoms with Crippen LogP contribution in [0.2, 0.25) is 0 Å². The van der Waals surface area contributed by atoms with Gasteiger partial charge in [0.15, 0.2) is 0 Å². The van der Waals surface area contributed by atoms with Crippen molar-refractivity contribution in [3.63, 3.8) is 0 Å². The van der Waals surface area contributed by atoms with Crippen molar-refractivity contribution in [2.24, 2.45) is 0 Å². The summed E-state index contributed by atoms with van der Waals surface area (Å²) >= 11 is 0. The van der Waals surface area contributed by atoms with Crippen LogP contribution in [0.25, 0.3) is 0 Å². The summed E-state index contributed by atoms with van der Waals surface area (Å²) in [6.07, 6.45) is 1.70. The molecule has 0 bridgehead atoms. The van der Waals surface area contributed by atoms with Crippen molar-refractivity contribution >= 4 is 17.2 Å². The van der Waals surface area contributed by atoms with Crippen LogP contribution < -0.4 is 16.0 Å². The van der Waals surface area contributed by atoms with Crippen molar-refractivity contribution in [1.82, 2.24) is 4.98 Å². The summed E-state index contributed by atoms with van der Waals surface area (Å²) in [7, 11) is 1.69. The Balaban J connectivity index is 2.09. The molecule has 0 radical (unpaired) electrons. The zero-order valence-corrected chi connectivity index (χ0v) is 11.6. The number of anilines is 3. The molecule has 0 aliphatic carbocycles. The Labute approximate surface area is 113 Å². The van der Waals surface area contributed by atoms with Crippen LogP contribution in [0.5, 0.6) is 0 Å². The zero-order valence-electron chi connectivity index (χ0n) is 11.6. The maximum absolute atomic E-state index is 5.95. The predicted molar refractivity (Wildman–Crippen MR) is 76.6 cm³/mol. The van der Waals surface area contributed by atoms with Crippen molar-refractivity contribution in [2.75, 3.05) is 56.0 Å². The molecular formula is C13H22N4O2. The van der Waals surface area contributed by atoms with E-state index in [0.717, 1.165) is 37.8 Å². The van der Waals surface area contributed by atoms with Crippen molar-refractivity contribution in [1.29, 1.82) is 0 Å². The summed E-state index contributed by atoms with van der Waals surface area (Å²) in [4.78, 5) is 6.59. The fraction of sp³-hybridized carbons (Fsp3) is 0.615. The fourth-order valence-electron chi connectivity index (χ4n) is 2.10. The molecule has 1 atom stereocenters. The first-order chi connectivity index (χ1) is 9.20. The van der Waals surface area contributed by atoms with Crippen molar-refractivity contribution in [2.45, 2.75) is 13.0 Å². The Hall–Kier alpha value is -1.53. The standard InChI is InChI=1S/C13H22N4O2/c1-10(9-18-2)16-12-7-13(15-8-11(12)14)17-3-5-19-6-4-17/h7-8,10H,3-6,9,14H2,1-2H3,(H,15,16)/t10-/m0/s1. The molecule has 0 saturated carbocycles. The number of rotatable bonds is 5. The van der Waals surface area contributed by atoms with Crippen LogP contribution in [0.4, 0.5) is 17.2 Å². The Morgan fingerprint density at radius 1 is 1.53 bits per heavy atom. The molecule has 106 valence electrons. The molecule has 1 aromatic rings. The molecule has 2 rings (SSSR count). The second-order valence-electron chi connectivity index (χ2n) is 4.73. The molecule has 0 amide bonds. The van der Waals surface area contributed by atoms with E-state index >= 15 is 0 Å². The van der Waals surface area contributed by atoms with E-state index in [1.165, 1.54) is 0 Å². The van der Waals surface area contributed by atoms with Gasteiger partial charge in [0.05, 0.1) is 37.4 Å². The highest BCUT2D eigenvalue weighted by molar-refractivity contribution is 5.69. The van der Waals surface area contributed by atoms with E-state index in [1.807, 2.05) is 6.07 Å². The minimum Gasteiger partial charge on any atom is -0.396 e. The SMILES string of the molecule is COC[C@H](C)Nc1cc(N2CCOCC2)ncc1N. The normalized spacial score (nSPS) is 17.3. The average molecular weight is 266 g/mol. The molecule has 3 N–H and O–H groups in total. The lowest BCUT2D eigenvalue weighted by molar-refractivity contribution is 0.122. The van der Waals surface area contributed by atoms with Crippen LogP contribution in [-0.4, -0.2) is 51.0 Å². The third-order valence-corrected chi connectivity index (χ3v) is 3.07. The minimum atomic E-state index is 0.201. The van der Waals surface area contributed by atoms with E-state index < -0.39 is 0 Å². The van der Waals surface area contributed by atoms with Gasteiger partial charge in [0.1, 0.15) is 5.82 Å². The molecule has 0 unspecified atom stereocenters. The molecule has 1 aliphatic rings. The third-order valence-electron chi connectivity index (χ3n) is 3.07. The predicted octanol–water partition coefficient (Wildman–Crippen LogP) is 0.947. The van der Waals surface area contributed by atoms with Gasteiger partial charge in [-0.3, -0.25) is 0 Å². The number of morpholine rings is 1. The number of nitrogens with two attached hydrogens (primary N) is 1. The monoisotopic (exact) mass is 266 g/mol. The summed E-state index contributed by atoms with van der Waals surface area (Å²) in [6, 6.07) is 2.19. The van der Waals surface area contributed by atoms with Gasteiger partial charge in [-0.25, -0.2) is 4.98 Å². The van der Waals surface area contributed by atoms with Gasteiger partial charge in [-0.15, -0.1) is 0 Å². The van der Waals surface area contributed by atoms with Crippen LogP contribution >= 0.6 is 0 Å². The first-order valence-corrected chi connectivity index (χ1v) is 6.54. The molecule has 0 spiro atoms. The summed E-state index contributed by atoms with van der Waals surface area (Å²) < 4.78 is 10.5. The molecule has 6 nitrogen and oxygen atoms in total. The summed E-state index contributed by atoms with van der Waals surface area (Å²) in [6.45, 7) is 5.91. The molecule has 0 aromatic carbocycles. The molecule has 1 aromatic heterocycles. The zero-order chi connectivity index (χ0) is 13.7. The van der Waals surface area contributed by atoms with Crippen molar-refractivity contribution in [3.05, 3.63) is 12.3 Å². The smallest absolute Gasteiger partial charge is 0.130 e. The first-order valence-electron chi connectivity index (χ1n) is 6.54. The molecular weight excluding hydrogens is 244 g/mol. The largest absolute Gasteiger partial charge is 0.396 e. The number of methoxy groups -OCH3 is 1. The summed E-state index contributed by atoms with van der Waals surface area (Å²) in [5.74, 6) is 0.935. The molecule has 19 heavy (non-hydrogen) atoms. The van der Waals surface area contributed by atoms with E-state index in [-0.39, 0.29) is 6.04 Å². The Bertz CT molecular complexity index is 408. The number of aromatic nitrogens is 1. The third kappa shape index (κ3) is 3.71. The minimum absolute atomic E-state index is 0.201. The fourth-order valence-corrected chi connectivity index (χ4v) is 2.10. The Morgan fingerprint density at radius 3 is 2.95 bits per heavy atom. The molecule has 6 heteroatoms. The van der Waals surface area contributed by atoms with E-state index in [9.17, 15) is 0 Å². The number of hydrogen-bond acceptors (Lipinski definition) is 6. The number of ether oxygens (including phenoxy) is 2. The Morgan fingerprint density at radius 2 is 2.26 bits per heavy atom. The topological polar surface area (TPSA) is 72.6 Å². The van der Waals surface area contributed by atoms with Crippen LogP contribution in [0, 0.1) is 0 Å². The number of nitrogen functional groups attached to an aromatic ring is 1. The molecule has 2 heterocycles. The quantitative estimate of drug-likeness (QED) is 0.826. The van der Waals surface area contributed by atoms with Gasteiger partial charge in [-0.1, -0.05) is 0 Å². The van der Waals surface area contributed by atoms with Crippen LogP contribution in [0.3, 0.4) is 0 Å². The van der Waals surface area contributed by atoms with Crippen LogP contribution in [0.15, 0.2) is 12.3 Å². The van der Waals surface area contributed by atoms with Gasteiger partial charge in [-0.05, 0) is 6.92 Å². The lowest BCUT2D eigenvalue weighted by Gasteiger charge is -2.28. The summed E-state index contributed by atoms with van der Waals surface area (Å²) in [5.41, 5.74) is 7.51. The highest BCUT2D eigenvalue weighted by atomic mass is 16.5. The number of nitrogens with one attached hydrogen (secondary N) is 1. The maximum Gasteiger partial charge on any atom is 0.130 e. The number of hydrogen-bond donors (Lipinski definition) is 2. The van der Waals surface area contributed by atoms with E-state index in [1.54, 1.807) is 13.3 Å². The van der Waals surface area contributed by atoms with Crippen molar-refractivity contribution < 1.29 is 9.47 Å². The lowest BCUT2D eigenvalue weighted by atomic mass is 10.2. The van der Waals surface area contributed by atoms with Crippen LogP contribution in [0.1, 0.15) is 6.92 Å². The molecule has 1 fully saturated rings. The van der Waals surface area contributed by atoms with Gasteiger partial charge in [0, 0.05) is 32.3 Å². The van der Waals surface area contributed by atoms with Gasteiger partial charge in [0.2, 0.25) is 0 Å². The second kappa shape index (κ2) is 6.58. The molecule has 1 aliphatic heterocycles. The lowest BCUT2D eigenvalue weighted by Crippen LogP contribution is -2.36. The van der Waals surface area contributed by atoms with Crippen LogP contribution in [-0.2, 0) is 9.47 Å². The molecule has 1 saturated heterocycles. The average Bonchev–Trinajstić information content (AvgIpc) is 2.42. The number of pyridine rings is 1. The highest BCUT2D eigenvalue weighted by Gasteiger charge is 2.14. The van der Waals surface area contributed by atoms with E-state index in [4.69, 9.17) is 15.2 Å². The first kappa shape index (κ1) is 13.9. The number of nitrogens with zero attached hydrogens (tertiary/aromatic N) is 2. The van der Waals surface area contributed by atoms with Crippen molar-refractivity contribution in [3.8, 4) is 0 Å². The van der Waals surface area contributed by atoms with Gasteiger partial charge in [-0.2, -0.15) is 0 Å². The van der Waals surface area contributed by atoms with E-state index in [2.05, 4.69) is 22.1 Å². The van der Waals surface area contributed by atoms with Gasteiger partial charge >= 0.3 is 0 Å². The summed E-state index contributed by atoms with van der Waals surface area (Å²) in [5, 5.41) is 3.34. The highest BCUT2D eigenvalue weighted by Crippen LogP contribution is 2.24. The van der Waals surface area contributed by atoms with Gasteiger partial charge in [0.25, 0.3) is 0 Å².